The van der Waals surface area contributed by atoms with Gasteiger partial charge in [-0.15, -0.1) is 0 Å². The van der Waals surface area contributed by atoms with Gasteiger partial charge in [0.15, 0.2) is 5.60 Å². The summed E-state index contributed by atoms with van der Waals surface area (Å²) in [6.07, 6.45) is 1.27. The number of aliphatic carboxylic acids is 1. The lowest BCUT2D eigenvalue weighted by Crippen LogP contribution is -2.37. The number of carbonyl (C=O) groups excluding carboxylic acids is 1. The fourth-order valence-electron chi connectivity index (χ4n) is 1.76. The Kier molecular flexibility index (Phi) is 6.40. The fourth-order valence-corrected chi connectivity index (χ4v) is 1.76. The lowest BCUT2D eigenvalue weighted by atomic mass is 10.1. The lowest BCUT2D eigenvalue weighted by Gasteiger charge is -2.21. The molecule has 0 radical (unpaired) electrons. The van der Waals surface area contributed by atoms with E-state index in [4.69, 9.17) is 9.84 Å². The van der Waals surface area contributed by atoms with Crippen molar-refractivity contribution in [2.75, 3.05) is 6.54 Å². The molecule has 5 nitrogen and oxygen atoms in total. The van der Waals surface area contributed by atoms with Gasteiger partial charge in [0.1, 0.15) is 5.75 Å². The third-order valence-electron chi connectivity index (χ3n) is 3.22. The SMILES string of the molecule is CC(C)CCNC(=O)Cc1ccc(OC(C)(C)C(=O)O)cc1. The van der Waals surface area contributed by atoms with Crippen molar-refractivity contribution in [1.82, 2.24) is 5.32 Å². The van der Waals surface area contributed by atoms with Crippen molar-refractivity contribution in [3.63, 3.8) is 0 Å². The average Bonchev–Trinajstić information content (AvgIpc) is 2.40. The van der Waals surface area contributed by atoms with Gasteiger partial charge in [-0.1, -0.05) is 26.0 Å². The first-order chi connectivity index (χ1) is 10.2. The summed E-state index contributed by atoms with van der Waals surface area (Å²) in [5.41, 5.74) is -0.419. The van der Waals surface area contributed by atoms with Crippen molar-refractivity contribution in [3.05, 3.63) is 29.8 Å². The van der Waals surface area contributed by atoms with Gasteiger partial charge in [0.2, 0.25) is 5.91 Å². The maximum atomic E-state index is 11.8. The van der Waals surface area contributed by atoms with Crippen LogP contribution in [0.1, 0.15) is 39.7 Å². The number of carboxylic acid groups (broad SMARTS) is 1. The second-order valence-corrected chi connectivity index (χ2v) is 6.27. The molecule has 0 aromatic heterocycles. The van der Waals surface area contributed by atoms with Gasteiger partial charge in [-0.05, 0) is 43.9 Å². The van der Waals surface area contributed by atoms with Crippen LogP contribution in [0.3, 0.4) is 0 Å². The van der Waals surface area contributed by atoms with Crippen molar-refractivity contribution < 1.29 is 19.4 Å². The van der Waals surface area contributed by atoms with Gasteiger partial charge in [-0.3, -0.25) is 4.79 Å². The molecule has 1 rings (SSSR count). The maximum absolute atomic E-state index is 11.8. The van der Waals surface area contributed by atoms with E-state index in [-0.39, 0.29) is 5.91 Å². The Morgan fingerprint density at radius 1 is 1.23 bits per heavy atom. The zero-order valence-corrected chi connectivity index (χ0v) is 13.7. The Hall–Kier alpha value is -2.04. The molecular formula is C17H25NO4. The largest absolute Gasteiger partial charge is 0.478 e. The predicted molar refractivity (Wildman–Crippen MR) is 85.0 cm³/mol. The molecule has 0 saturated carbocycles. The van der Waals surface area contributed by atoms with E-state index in [1.165, 1.54) is 13.8 Å². The molecule has 22 heavy (non-hydrogen) atoms. The number of carbonyl (C=O) groups is 2. The number of benzene rings is 1. The van der Waals surface area contributed by atoms with Crippen LogP contribution in [0.15, 0.2) is 24.3 Å². The summed E-state index contributed by atoms with van der Waals surface area (Å²) >= 11 is 0. The van der Waals surface area contributed by atoms with Crippen molar-refractivity contribution in [3.8, 4) is 5.75 Å². The number of amides is 1. The van der Waals surface area contributed by atoms with E-state index in [1.54, 1.807) is 24.3 Å². The van der Waals surface area contributed by atoms with E-state index in [9.17, 15) is 9.59 Å². The van der Waals surface area contributed by atoms with E-state index in [2.05, 4.69) is 19.2 Å². The maximum Gasteiger partial charge on any atom is 0.347 e. The lowest BCUT2D eigenvalue weighted by molar-refractivity contribution is -0.152. The highest BCUT2D eigenvalue weighted by Crippen LogP contribution is 2.19. The Balaban J connectivity index is 2.51. The van der Waals surface area contributed by atoms with E-state index < -0.39 is 11.6 Å². The van der Waals surface area contributed by atoms with Crippen LogP contribution < -0.4 is 10.1 Å². The molecule has 0 spiro atoms. The minimum atomic E-state index is -1.28. The van der Waals surface area contributed by atoms with Gasteiger partial charge >= 0.3 is 5.97 Å². The van der Waals surface area contributed by atoms with Crippen LogP contribution >= 0.6 is 0 Å². The van der Waals surface area contributed by atoms with Crippen molar-refractivity contribution in [1.29, 1.82) is 0 Å². The average molecular weight is 307 g/mol. The Morgan fingerprint density at radius 3 is 2.32 bits per heavy atom. The number of rotatable bonds is 8. The van der Waals surface area contributed by atoms with Crippen LogP contribution in [0.5, 0.6) is 5.75 Å². The zero-order chi connectivity index (χ0) is 16.8. The molecule has 0 aliphatic carbocycles. The number of carboxylic acids is 1. The topological polar surface area (TPSA) is 75.6 Å². The van der Waals surface area contributed by atoms with Gasteiger partial charge in [-0.25, -0.2) is 4.79 Å². The van der Waals surface area contributed by atoms with E-state index >= 15 is 0 Å². The van der Waals surface area contributed by atoms with E-state index in [1.807, 2.05) is 0 Å². The fraction of sp³-hybridized carbons (Fsp3) is 0.529. The molecule has 0 aliphatic heterocycles. The molecule has 2 N–H and O–H groups in total. The molecule has 0 bridgehead atoms. The third kappa shape index (κ3) is 6.16. The van der Waals surface area contributed by atoms with Crippen molar-refractivity contribution >= 4 is 11.9 Å². The monoisotopic (exact) mass is 307 g/mol. The smallest absolute Gasteiger partial charge is 0.347 e. The third-order valence-corrected chi connectivity index (χ3v) is 3.22. The molecule has 122 valence electrons. The second-order valence-electron chi connectivity index (χ2n) is 6.27. The summed E-state index contributed by atoms with van der Waals surface area (Å²) in [5, 5.41) is 11.9. The highest BCUT2D eigenvalue weighted by molar-refractivity contribution is 5.78. The minimum Gasteiger partial charge on any atom is -0.478 e. The summed E-state index contributed by atoms with van der Waals surface area (Å²) < 4.78 is 5.41. The molecule has 5 heteroatoms. The molecule has 0 saturated heterocycles. The molecule has 0 heterocycles. The highest BCUT2D eigenvalue weighted by atomic mass is 16.5. The number of ether oxygens (including phenoxy) is 1. The summed E-state index contributed by atoms with van der Waals surface area (Å²) in [7, 11) is 0. The molecule has 1 amide bonds. The van der Waals surface area contributed by atoms with Crippen LogP contribution in [0.25, 0.3) is 0 Å². The van der Waals surface area contributed by atoms with Gasteiger partial charge in [-0.2, -0.15) is 0 Å². The number of hydrogen-bond acceptors (Lipinski definition) is 3. The molecule has 0 unspecified atom stereocenters. The number of nitrogens with one attached hydrogen (secondary N) is 1. The van der Waals surface area contributed by atoms with Gasteiger partial charge in [0, 0.05) is 6.54 Å². The van der Waals surface area contributed by atoms with Crippen LogP contribution in [-0.4, -0.2) is 29.1 Å². The summed E-state index contributed by atoms with van der Waals surface area (Å²) in [5.74, 6) is -0.00743. The Labute approximate surface area is 131 Å². The van der Waals surface area contributed by atoms with E-state index in [0.29, 0.717) is 24.6 Å². The first-order valence-corrected chi connectivity index (χ1v) is 7.49. The first kappa shape index (κ1) is 18.0. The van der Waals surface area contributed by atoms with Gasteiger partial charge < -0.3 is 15.2 Å². The Bertz CT molecular complexity index is 506. The van der Waals surface area contributed by atoms with E-state index in [0.717, 1.165) is 12.0 Å². The van der Waals surface area contributed by atoms with Crippen LogP contribution in [-0.2, 0) is 16.0 Å². The minimum absolute atomic E-state index is 0.0137. The standard InChI is InChI=1S/C17H25NO4/c1-12(2)9-10-18-15(19)11-13-5-7-14(8-6-13)22-17(3,4)16(20)21/h5-8,12H,9-11H2,1-4H3,(H,18,19)(H,20,21). The molecule has 1 aromatic carbocycles. The van der Waals surface area contributed by atoms with Crippen LogP contribution in [0, 0.1) is 5.92 Å². The molecule has 0 fully saturated rings. The quantitative estimate of drug-likeness (QED) is 0.774. The normalized spacial score (nSPS) is 11.3. The van der Waals surface area contributed by atoms with Crippen molar-refractivity contribution in [2.45, 2.75) is 46.1 Å². The second kappa shape index (κ2) is 7.82. The van der Waals surface area contributed by atoms with Gasteiger partial charge in [0.05, 0.1) is 6.42 Å². The highest BCUT2D eigenvalue weighted by Gasteiger charge is 2.29. The first-order valence-electron chi connectivity index (χ1n) is 7.49. The number of hydrogen-bond donors (Lipinski definition) is 2. The van der Waals surface area contributed by atoms with Crippen molar-refractivity contribution in [2.24, 2.45) is 5.92 Å². The molecule has 0 aliphatic rings. The summed E-state index contributed by atoms with van der Waals surface area (Å²) in [6.45, 7) is 7.90. The summed E-state index contributed by atoms with van der Waals surface area (Å²) in [6, 6.07) is 6.91. The zero-order valence-electron chi connectivity index (χ0n) is 13.7. The van der Waals surface area contributed by atoms with Crippen LogP contribution in [0.4, 0.5) is 0 Å². The predicted octanol–water partition coefficient (Wildman–Crippen LogP) is 2.63. The molecular weight excluding hydrogens is 282 g/mol. The Morgan fingerprint density at radius 2 is 1.82 bits per heavy atom. The summed E-state index contributed by atoms with van der Waals surface area (Å²) in [4.78, 5) is 22.8. The molecule has 1 aromatic rings. The van der Waals surface area contributed by atoms with Gasteiger partial charge in [0.25, 0.3) is 0 Å². The van der Waals surface area contributed by atoms with Crippen LogP contribution in [0.2, 0.25) is 0 Å². The molecule has 0 atom stereocenters.